The first kappa shape index (κ1) is 15.1. The third-order valence-corrected chi connectivity index (χ3v) is 3.92. The molecule has 6 heteroatoms. The van der Waals surface area contributed by atoms with Gasteiger partial charge in [0.15, 0.2) is 5.75 Å². The van der Waals surface area contributed by atoms with Crippen LogP contribution in [0.2, 0.25) is 0 Å². The fraction of sp³-hybridized carbons (Fsp3) is 0.105. The van der Waals surface area contributed by atoms with Gasteiger partial charge < -0.3 is 9.72 Å². The van der Waals surface area contributed by atoms with E-state index in [0.717, 1.165) is 11.1 Å². The van der Waals surface area contributed by atoms with Crippen molar-refractivity contribution in [3.63, 3.8) is 0 Å². The van der Waals surface area contributed by atoms with Crippen LogP contribution in [0.5, 0.6) is 5.75 Å². The van der Waals surface area contributed by atoms with E-state index < -0.39 is 0 Å². The minimum absolute atomic E-state index is 0.174. The van der Waals surface area contributed by atoms with E-state index in [1.54, 1.807) is 17.1 Å². The fourth-order valence-electron chi connectivity index (χ4n) is 2.69. The van der Waals surface area contributed by atoms with Crippen LogP contribution in [-0.4, -0.2) is 19.7 Å². The number of fused-ring (bicyclic) bond motifs is 1. The summed E-state index contributed by atoms with van der Waals surface area (Å²) in [6, 6.07) is 15.6. The molecule has 4 rings (SSSR count). The standard InChI is InChI=1S/C19H16N4O2/c1-23-11-15(10-20-23)25-12-18-21-17-8-7-14(9-16(17)19(24)22-18)13-5-3-2-4-6-13/h2-11H,12H2,1H3,(H,21,22,24). The number of hydrogen-bond donors (Lipinski definition) is 1. The number of nitrogens with zero attached hydrogens (tertiary/aromatic N) is 3. The molecule has 0 unspecified atom stereocenters. The summed E-state index contributed by atoms with van der Waals surface area (Å²) in [5.74, 6) is 1.11. The zero-order valence-corrected chi connectivity index (χ0v) is 13.6. The second-order valence-electron chi connectivity index (χ2n) is 5.75. The highest BCUT2D eigenvalue weighted by Crippen LogP contribution is 2.22. The van der Waals surface area contributed by atoms with Crippen molar-refractivity contribution >= 4 is 10.9 Å². The second-order valence-corrected chi connectivity index (χ2v) is 5.75. The van der Waals surface area contributed by atoms with Crippen LogP contribution in [0.4, 0.5) is 0 Å². The van der Waals surface area contributed by atoms with Gasteiger partial charge in [0.25, 0.3) is 5.56 Å². The van der Waals surface area contributed by atoms with Gasteiger partial charge in [-0.3, -0.25) is 9.48 Å². The van der Waals surface area contributed by atoms with Gasteiger partial charge in [-0.2, -0.15) is 5.10 Å². The zero-order valence-electron chi connectivity index (χ0n) is 13.6. The number of aromatic nitrogens is 4. The highest BCUT2D eigenvalue weighted by molar-refractivity contribution is 5.83. The molecule has 124 valence electrons. The SMILES string of the molecule is Cn1cc(OCc2nc3ccc(-c4ccccc4)cc3c(=O)[nH]2)cn1. The summed E-state index contributed by atoms with van der Waals surface area (Å²) in [4.78, 5) is 19.7. The lowest BCUT2D eigenvalue weighted by Gasteiger charge is -2.06. The summed E-state index contributed by atoms with van der Waals surface area (Å²) in [7, 11) is 1.81. The van der Waals surface area contributed by atoms with Gasteiger partial charge in [0, 0.05) is 7.05 Å². The molecule has 2 heterocycles. The van der Waals surface area contributed by atoms with Crippen LogP contribution < -0.4 is 10.3 Å². The average molecular weight is 332 g/mol. The lowest BCUT2D eigenvalue weighted by atomic mass is 10.0. The third kappa shape index (κ3) is 3.14. The number of aromatic amines is 1. The zero-order chi connectivity index (χ0) is 17.2. The van der Waals surface area contributed by atoms with Gasteiger partial charge >= 0.3 is 0 Å². The Hall–Kier alpha value is -3.41. The molecule has 0 saturated carbocycles. The Morgan fingerprint density at radius 1 is 1.12 bits per heavy atom. The lowest BCUT2D eigenvalue weighted by molar-refractivity contribution is 0.296. The number of hydrogen-bond acceptors (Lipinski definition) is 4. The van der Waals surface area contributed by atoms with Crippen molar-refractivity contribution in [2.24, 2.45) is 7.05 Å². The summed E-state index contributed by atoms with van der Waals surface area (Å²) < 4.78 is 7.24. The quantitative estimate of drug-likeness (QED) is 0.624. The van der Waals surface area contributed by atoms with Gasteiger partial charge in [0.1, 0.15) is 12.4 Å². The molecule has 0 atom stereocenters. The molecule has 6 nitrogen and oxygen atoms in total. The van der Waals surface area contributed by atoms with Crippen molar-refractivity contribution in [3.8, 4) is 16.9 Å². The fourth-order valence-corrected chi connectivity index (χ4v) is 2.69. The highest BCUT2D eigenvalue weighted by Gasteiger charge is 2.07. The van der Waals surface area contributed by atoms with E-state index in [2.05, 4.69) is 15.1 Å². The van der Waals surface area contributed by atoms with E-state index in [-0.39, 0.29) is 12.2 Å². The van der Waals surface area contributed by atoms with E-state index in [1.807, 2.05) is 55.6 Å². The van der Waals surface area contributed by atoms with Gasteiger partial charge in [-0.05, 0) is 23.3 Å². The van der Waals surface area contributed by atoms with E-state index >= 15 is 0 Å². The number of H-pyrrole nitrogens is 1. The van der Waals surface area contributed by atoms with E-state index in [4.69, 9.17) is 4.74 Å². The largest absolute Gasteiger partial charge is 0.482 e. The van der Waals surface area contributed by atoms with Crippen LogP contribution in [0.1, 0.15) is 5.82 Å². The van der Waals surface area contributed by atoms with Crippen LogP contribution >= 0.6 is 0 Å². The van der Waals surface area contributed by atoms with Crippen molar-refractivity contribution in [2.45, 2.75) is 6.61 Å². The normalized spacial score (nSPS) is 10.9. The average Bonchev–Trinajstić information content (AvgIpc) is 3.06. The molecule has 0 saturated heterocycles. The first-order chi connectivity index (χ1) is 12.2. The Labute approximate surface area is 143 Å². The minimum atomic E-state index is -0.174. The molecule has 0 fully saturated rings. The molecule has 0 aliphatic heterocycles. The Morgan fingerprint density at radius 2 is 1.96 bits per heavy atom. The molecule has 1 N–H and O–H groups in total. The highest BCUT2D eigenvalue weighted by atomic mass is 16.5. The first-order valence-corrected chi connectivity index (χ1v) is 7.89. The molecule has 0 aliphatic rings. The number of benzene rings is 2. The van der Waals surface area contributed by atoms with Crippen LogP contribution in [0.25, 0.3) is 22.0 Å². The molecule has 0 aliphatic carbocycles. The molecular formula is C19H16N4O2. The molecular weight excluding hydrogens is 316 g/mol. The number of rotatable bonds is 4. The van der Waals surface area contributed by atoms with Crippen molar-refractivity contribution in [2.75, 3.05) is 0 Å². The third-order valence-electron chi connectivity index (χ3n) is 3.92. The predicted molar refractivity (Wildman–Crippen MR) is 95.3 cm³/mol. The number of nitrogens with one attached hydrogen (secondary N) is 1. The summed E-state index contributed by atoms with van der Waals surface area (Å²) in [6.07, 6.45) is 3.37. The van der Waals surface area contributed by atoms with Gasteiger partial charge in [-0.15, -0.1) is 0 Å². The maximum atomic E-state index is 12.4. The molecule has 2 aromatic heterocycles. The van der Waals surface area contributed by atoms with Crippen molar-refractivity contribution in [1.29, 1.82) is 0 Å². The maximum Gasteiger partial charge on any atom is 0.258 e. The van der Waals surface area contributed by atoms with Gasteiger partial charge in [0.2, 0.25) is 0 Å². The molecule has 2 aromatic carbocycles. The Morgan fingerprint density at radius 3 is 2.72 bits per heavy atom. The molecule has 0 amide bonds. The summed E-state index contributed by atoms with van der Waals surface area (Å²) >= 11 is 0. The molecule has 4 aromatic rings. The maximum absolute atomic E-state index is 12.4. The number of ether oxygens (including phenoxy) is 1. The second kappa shape index (κ2) is 6.24. The summed E-state index contributed by atoms with van der Waals surface area (Å²) in [6.45, 7) is 0.178. The van der Waals surface area contributed by atoms with Crippen LogP contribution in [0.3, 0.4) is 0 Å². The van der Waals surface area contributed by atoms with Crippen LogP contribution in [0, 0.1) is 0 Å². The molecule has 0 spiro atoms. The van der Waals surface area contributed by atoms with Crippen molar-refractivity contribution < 1.29 is 4.74 Å². The topological polar surface area (TPSA) is 72.8 Å². The van der Waals surface area contributed by atoms with E-state index in [9.17, 15) is 4.79 Å². The lowest BCUT2D eigenvalue weighted by Crippen LogP contribution is -2.13. The molecule has 0 radical (unpaired) electrons. The van der Waals surface area contributed by atoms with Crippen molar-refractivity contribution in [3.05, 3.63) is 77.1 Å². The summed E-state index contributed by atoms with van der Waals surface area (Å²) in [5, 5.41) is 4.60. The van der Waals surface area contributed by atoms with E-state index in [1.165, 1.54) is 0 Å². The van der Waals surface area contributed by atoms with Crippen LogP contribution in [-0.2, 0) is 13.7 Å². The minimum Gasteiger partial charge on any atom is -0.482 e. The van der Waals surface area contributed by atoms with Gasteiger partial charge in [-0.1, -0.05) is 36.4 Å². The van der Waals surface area contributed by atoms with Gasteiger partial charge in [-0.25, -0.2) is 4.98 Å². The van der Waals surface area contributed by atoms with E-state index in [0.29, 0.717) is 22.5 Å². The first-order valence-electron chi connectivity index (χ1n) is 7.89. The molecule has 25 heavy (non-hydrogen) atoms. The molecule has 0 bridgehead atoms. The summed E-state index contributed by atoms with van der Waals surface area (Å²) in [5.41, 5.74) is 2.52. The Bertz CT molecular complexity index is 1080. The Kier molecular flexibility index (Phi) is 3.78. The van der Waals surface area contributed by atoms with Crippen molar-refractivity contribution in [1.82, 2.24) is 19.7 Å². The smallest absolute Gasteiger partial charge is 0.258 e. The monoisotopic (exact) mass is 332 g/mol. The van der Waals surface area contributed by atoms with Gasteiger partial charge in [0.05, 0.1) is 23.3 Å². The Balaban J connectivity index is 1.65. The number of aryl methyl sites for hydroxylation is 1. The predicted octanol–water partition coefficient (Wildman–Crippen LogP) is 2.90. The van der Waals surface area contributed by atoms with Crippen LogP contribution in [0.15, 0.2) is 65.7 Å².